The Balaban J connectivity index is 1.50. The van der Waals surface area contributed by atoms with Crippen LogP contribution in [0, 0.1) is 0 Å². The third-order valence-electron chi connectivity index (χ3n) is 6.06. The van der Waals surface area contributed by atoms with E-state index in [4.69, 9.17) is 9.47 Å². The number of hydrogen-bond acceptors (Lipinski definition) is 4. The normalized spacial score (nSPS) is 18.1. The molecule has 1 saturated heterocycles. The molecule has 2 heterocycles. The van der Waals surface area contributed by atoms with E-state index in [9.17, 15) is 9.59 Å². The smallest absolute Gasteiger partial charge is 0.245 e. The average molecular weight is 449 g/mol. The van der Waals surface area contributed by atoms with Gasteiger partial charge in [0.25, 0.3) is 0 Å². The quantitative estimate of drug-likeness (QED) is 0.625. The van der Waals surface area contributed by atoms with Crippen molar-refractivity contribution in [1.29, 1.82) is 0 Å². The van der Waals surface area contributed by atoms with Crippen LogP contribution in [0.1, 0.15) is 43.4 Å². The fourth-order valence-electron chi connectivity index (χ4n) is 4.46. The number of fused-ring (bicyclic) bond motifs is 1. The highest BCUT2D eigenvalue weighted by Gasteiger charge is 2.27. The number of rotatable bonds is 8. The van der Waals surface area contributed by atoms with Crippen molar-refractivity contribution < 1.29 is 19.1 Å². The van der Waals surface area contributed by atoms with E-state index in [2.05, 4.69) is 5.32 Å². The molecular weight excluding hydrogens is 416 g/mol. The molecule has 0 saturated carbocycles. The fraction of sp³-hybridized carbons (Fsp3) is 0.407. The van der Waals surface area contributed by atoms with Crippen molar-refractivity contribution in [1.82, 2.24) is 10.2 Å². The average Bonchev–Trinajstić information content (AvgIpc) is 3.46. The number of carbonyl (C=O) groups is 2. The van der Waals surface area contributed by atoms with E-state index in [1.807, 2.05) is 61.2 Å². The first kappa shape index (κ1) is 22.9. The second kappa shape index (κ2) is 10.6. The van der Waals surface area contributed by atoms with Gasteiger partial charge < -0.3 is 19.7 Å². The van der Waals surface area contributed by atoms with Gasteiger partial charge in [0.1, 0.15) is 23.6 Å². The summed E-state index contributed by atoms with van der Waals surface area (Å²) in [4.78, 5) is 27.8. The topological polar surface area (TPSA) is 67.9 Å². The molecule has 2 unspecified atom stereocenters. The summed E-state index contributed by atoms with van der Waals surface area (Å²) in [5.41, 5.74) is 2.92. The molecule has 0 aromatic heterocycles. The van der Waals surface area contributed by atoms with Crippen molar-refractivity contribution >= 4 is 17.9 Å². The Morgan fingerprint density at radius 1 is 1.21 bits per heavy atom. The Labute approximate surface area is 195 Å². The van der Waals surface area contributed by atoms with Crippen molar-refractivity contribution in [3.05, 3.63) is 65.2 Å². The van der Waals surface area contributed by atoms with Crippen LogP contribution in [0.2, 0.25) is 0 Å². The second-order valence-corrected chi connectivity index (χ2v) is 8.68. The summed E-state index contributed by atoms with van der Waals surface area (Å²) in [6.07, 6.45) is 6.66. The number of benzene rings is 2. The molecule has 0 radical (unpaired) electrons. The van der Waals surface area contributed by atoms with Gasteiger partial charge in [-0.3, -0.25) is 9.59 Å². The summed E-state index contributed by atoms with van der Waals surface area (Å²) in [7, 11) is 0. The van der Waals surface area contributed by atoms with E-state index in [0.717, 1.165) is 60.5 Å². The van der Waals surface area contributed by atoms with Crippen LogP contribution >= 0.6 is 0 Å². The highest BCUT2D eigenvalue weighted by Crippen LogP contribution is 2.35. The number of ether oxygens (including phenoxy) is 2. The Morgan fingerprint density at radius 2 is 1.97 bits per heavy atom. The molecule has 0 aliphatic carbocycles. The predicted octanol–water partition coefficient (Wildman–Crippen LogP) is 3.77. The number of amides is 2. The number of nitrogens with one attached hydrogen (secondary N) is 1. The van der Waals surface area contributed by atoms with Gasteiger partial charge in [0.15, 0.2) is 0 Å². The Hall–Kier alpha value is -3.28. The Kier molecular flexibility index (Phi) is 7.33. The molecule has 1 N–H and O–H groups in total. The maximum atomic E-state index is 13.1. The van der Waals surface area contributed by atoms with Gasteiger partial charge in [0.2, 0.25) is 11.8 Å². The zero-order valence-electron chi connectivity index (χ0n) is 19.4. The van der Waals surface area contributed by atoms with E-state index in [1.54, 1.807) is 6.08 Å². The molecule has 2 amide bonds. The minimum atomic E-state index is -0.599. The SMILES string of the molecule is CCOc1cc2c(cc1/C=C/C(=O)NC(Cc1ccccc1)C(=O)N1CCCC1)OC(C)C2. The molecule has 1 fully saturated rings. The first-order chi connectivity index (χ1) is 16.0. The summed E-state index contributed by atoms with van der Waals surface area (Å²) in [6, 6.07) is 13.1. The van der Waals surface area contributed by atoms with Crippen LogP contribution in [0.15, 0.2) is 48.5 Å². The molecular formula is C27H32N2O4. The van der Waals surface area contributed by atoms with E-state index in [-0.39, 0.29) is 17.9 Å². The van der Waals surface area contributed by atoms with E-state index >= 15 is 0 Å². The largest absolute Gasteiger partial charge is 0.493 e. The molecule has 6 nitrogen and oxygen atoms in total. The van der Waals surface area contributed by atoms with Crippen LogP contribution in [0.25, 0.3) is 6.08 Å². The van der Waals surface area contributed by atoms with Gasteiger partial charge in [-0.05, 0) is 50.5 Å². The van der Waals surface area contributed by atoms with Gasteiger partial charge in [0, 0.05) is 43.1 Å². The van der Waals surface area contributed by atoms with E-state index in [0.29, 0.717) is 13.0 Å². The summed E-state index contributed by atoms with van der Waals surface area (Å²) >= 11 is 0. The zero-order valence-corrected chi connectivity index (χ0v) is 19.4. The monoisotopic (exact) mass is 448 g/mol. The minimum absolute atomic E-state index is 0.0203. The van der Waals surface area contributed by atoms with E-state index in [1.165, 1.54) is 6.08 Å². The maximum absolute atomic E-state index is 13.1. The van der Waals surface area contributed by atoms with Crippen LogP contribution in [0.5, 0.6) is 11.5 Å². The highest BCUT2D eigenvalue weighted by atomic mass is 16.5. The van der Waals surface area contributed by atoms with Gasteiger partial charge >= 0.3 is 0 Å². The lowest BCUT2D eigenvalue weighted by molar-refractivity contribution is -0.134. The standard InChI is InChI=1S/C27H32N2O4/c1-3-32-24-18-22-15-19(2)33-25(22)17-21(24)11-12-26(30)28-23(16-20-9-5-4-6-10-20)27(31)29-13-7-8-14-29/h4-6,9-12,17-19,23H,3,7-8,13-16H2,1-2H3,(H,28,30)/b12-11+. The first-order valence-corrected chi connectivity index (χ1v) is 11.8. The lowest BCUT2D eigenvalue weighted by Gasteiger charge is -2.23. The van der Waals surface area contributed by atoms with Gasteiger partial charge in [0.05, 0.1) is 6.61 Å². The molecule has 2 aliphatic rings. The highest BCUT2D eigenvalue weighted by molar-refractivity contribution is 5.96. The molecule has 0 spiro atoms. The van der Waals surface area contributed by atoms with E-state index < -0.39 is 6.04 Å². The van der Waals surface area contributed by atoms with Crippen LogP contribution in [0.3, 0.4) is 0 Å². The molecule has 2 aromatic rings. The second-order valence-electron chi connectivity index (χ2n) is 8.68. The van der Waals surface area contributed by atoms with Crippen LogP contribution in [-0.2, 0) is 22.4 Å². The third-order valence-corrected chi connectivity index (χ3v) is 6.06. The summed E-state index contributed by atoms with van der Waals surface area (Å²) in [5.74, 6) is 1.23. The Morgan fingerprint density at radius 3 is 2.70 bits per heavy atom. The summed E-state index contributed by atoms with van der Waals surface area (Å²) in [5, 5.41) is 2.93. The third kappa shape index (κ3) is 5.75. The molecule has 2 aromatic carbocycles. The van der Waals surface area contributed by atoms with Crippen molar-refractivity contribution in [3.8, 4) is 11.5 Å². The number of hydrogen-bond donors (Lipinski definition) is 1. The summed E-state index contributed by atoms with van der Waals surface area (Å²) in [6.45, 7) is 6.01. The van der Waals surface area contributed by atoms with Crippen LogP contribution in [0.4, 0.5) is 0 Å². The molecule has 2 atom stereocenters. The molecule has 174 valence electrons. The molecule has 33 heavy (non-hydrogen) atoms. The van der Waals surface area contributed by atoms with Crippen molar-refractivity contribution in [2.24, 2.45) is 0 Å². The molecule has 2 aliphatic heterocycles. The van der Waals surface area contributed by atoms with Gasteiger partial charge in [-0.1, -0.05) is 30.3 Å². The fourth-order valence-corrected chi connectivity index (χ4v) is 4.46. The van der Waals surface area contributed by atoms with Gasteiger partial charge in [-0.2, -0.15) is 0 Å². The van der Waals surface area contributed by atoms with Gasteiger partial charge in [-0.15, -0.1) is 0 Å². The zero-order chi connectivity index (χ0) is 23.2. The summed E-state index contributed by atoms with van der Waals surface area (Å²) < 4.78 is 11.7. The maximum Gasteiger partial charge on any atom is 0.245 e. The minimum Gasteiger partial charge on any atom is -0.493 e. The van der Waals surface area contributed by atoms with Gasteiger partial charge in [-0.25, -0.2) is 0 Å². The van der Waals surface area contributed by atoms with Crippen molar-refractivity contribution in [3.63, 3.8) is 0 Å². The number of nitrogens with zero attached hydrogens (tertiary/aromatic N) is 1. The Bertz CT molecular complexity index is 1010. The first-order valence-electron chi connectivity index (χ1n) is 11.8. The molecule has 0 bridgehead atoms. The van der Waals surface area contributed by atoms with Crippen LogP contribution in [-0.4, -0.2) is 48.6 Å². The predicted molar refractivity (Wildman–Crippen MR) is 128 cm³/mol. The lowest BCUT2D eigenvalue weighted by atomic mass is 10.0. The molecule has 6 heteroatoms. The van der Waals surface area contributed by atoms with Crippen molar-refractivity contribution in [2.45, 2.75) is 51.7 Å². The van der Waals surface area contributed by atoms with Crippen LogP contribution < -0.4 is 14.8 Å². The van der Waals surface area contributed by atoms with Crippen molar-refractivity contribution in [2.75, 3.05) is 19.7 Å². The molecule has 4 rings (SSSR count). The number of likely N-dealkylation sites (tertiary alicyclic amines) is 1. The number of carbonyl (C=O) groups excluding carboxylic acids is 2. The lowest BCUT2D eigenvalue weighted by Crippen LogP contribution is -2.48.